The van der Waals surface area contributed by atoms with Gasteiger partial charge in [-0.15, -0.1) is 0 Å². The van der Waals surface area contributed by atoms with Crippen LogP contribution in [0.15, 0.2) is 22.6 Å². The van der Waals surface area contributed by atoms with Crippen LogP contribution in [0.4, 0.5) is 5.69 Å². The van der Waals surface area contributed by atoms with Gasteiger partial charge in [0, 0.05) is 12.1 Å². The maximum Gasteiger partial charge on any atom is 0.280 e. The zero-order valence-electron chi connectivity index (χ0n) is 8.26. The van der Waals surface area contributed by atoms with Crippen molar-refractivity contribution < 1.29 is 14.1 Å². The molecular formula is C10H6N2O4. The Hall–Kier alpha value is -2.55. The van der Waals surface area contributed by atoms with Gasteiger partial charge in [0.1, 0.15) is 11.5 Å². The lowest BCUT2D eigenvalue weighted by molar-refractivity contribution is -0.383. The van der Waals surface area contributed by atoms with Crippen molar-refractivity contribution in [2.75, 3.05) is 7.11 Å². The number of nitro benzene ring substituents is 1. The number of benzene rings is 1. The molecule has 1 aromatic heterocycles. The van der Waals surface area contributed by atoms with E-state index in [2.05, 4.69) is 0 Å². The molecular weight excluding hydrogens is 212 g/mol. The first-order valence-electron chi connectivity index (χ1n) is 4.32. The second-order valence-electron chi connectivity index (χ2n) is 3.01. The van der Waals surface area contributed by atoms with Crippen LogP contribution in [0.3, 0.4) is 0 Å². The minimum absolute atomic E-state index is 0.0163. The number of hydrogen-bond donors (Lipinski definition) is 0. The number of fused-ring (bicyclic) bond motifs is 1. The van der Waals surface area contributed by atoms with Gasteiger partial charge in [-0.3, -0.25) is 10.1 Å². The lowest BCUT2D eigenvalue weighted by atomic mass is 10.2. The Kier molecular flexibility index (Phi) is 2.21. The van der Waals surface area contributed by atoms with E-state index in [-0.39, 0.29) is 22.4 Å². The Bertz CT molecular complexity index is 609. The molecule has 2 aromatic rings. The van der Waals surface area contributed by atoms with E-state index in [0.717, 1.165) is 0 Å². The molecule has 0 saturated carbocycles. The minimum atomic E-state index is -0.529. The number of ether oxygens (including phenoxy) is 1. The third-order valence-corrected chi connectivity index (χ3v) is 2.15. The van der Waals surface area contributed by atoms with E-state index in [0.29, 0.717) is 5.75 Å². The number of furan rings is 1. The first-order chi connectivity index (χ1) is 7.67. The predicted molar refractivity (Wildman–Crippen MR) is 54.1 cm³/mol. The summed E-state index contributed by atoms with van der Waals surface area (Å²) in [5.74, 6) is 0.379. The predicted octanol–water partition coefficient (Wildman–Crippen LogP) is 2.22. The molecule has 0 bridgehead atoms. The Morgan fingerprint density at radius 1 is 1.56 bits per heavy atom. The summed E-state index contributed by atoms with van der Waals surface area (Å²) in [5, 5.41) is 19.7. The van der Waals surface area contributed by atoms with Crippen LogP contribution in [0.1, 0.15) is 5.76 Å². The minimum Gasteiger partial charge on any atom is -0.493 e. The van der Waals surface area contributed by atoms with E-state index >= 15 is 0 Å². The van der Waals surface area contributed by atoms with Crippen molar-refractivity contribution in [2.24, 2.45) is 0 Å². The van der Waals surface area contributed by atoms with E-state index in [1.165, 1.54) is 25.3 Å². The largest absolute Gasteiger partial charge is 0.493 e. The molecule has 0 aliphatic heterocycles. The summed E-state index contributed by atoms with van der Waals surface area (Å²) in [4.78, 5) is 10.2. The average Bonchev–Trinajstić information content (AvgIpc) is 2.70. The molecule has 0 fully saturated rings. The maximum atomic E-state index is 10.8. The van der Waals surface area contributed by atoms with Crippen molar-refractivity contribution >= 4 is 16.7 Å². The van der Waals surface area contributed by atoms with Gasteiger partial charge in [-0.2, -0.15) is 5.26 Å². The molecule has 0 atom stereocenters. The summed E-state index contributed by atoms with van der Waals surface area (Å²) >= 11 is 0. The second-order valence-corrected chi connectivity index (χ2v) is 3.01. The van der Waals surface area contributed by atoms with Gasteiger partial charge in [0.2, 0.25) is 5.76 Å². The molecule has 0 aliphatic rings. The lowest BCUT2D eigenvalue weighted by Gasteiger charge is -1.99. The molecule has 0 spiro atoms. The summed E-state index contributed by atoms with van der Waals surface area (Å²) in [6, 6.07) is 5.87. The van der Waals surface area contributed by atoms with Gasteiger partial charge in [0.05, 0.1) is 12.0 Å². The number of methoxy groups -OCH3 is 1. The van der Waals surface area contributed by atoms with E-state index in [1.54, 1.807) is 6.07 Å². The van der Waals surface area contributed by atoms with Crippen LogP contribution >= 0.6 is 0 Å². The lowest BCUT2D eigenvalue weighted by Crippen LogP contribution is -1.90. The third-order valence-electron chi connectivity index (χ3n) is 2.15. The van der Waals surface area contributed by atoms with Gasteiger partial charge >= 0.3 is 0 Å². The van der Waals surface area contributed by atoms with E-state index in [9.17, 15) is 10.1 Å². The summed E-state index contributed by atoms with van der Waals surface area (Å²) in [5.41, 5.74) is 0.106. The monoisotopic (exact) mass is 218 g/mol. The highest BCUT2D eigenvalue weighted by Gasteiger charge is 2.19. The van der Waals surface area contributed by atoms with E-state index in [4.69, 9.17) is 14.4 Å². The molecule has 6 nitrogen and oxygen atoms in total. The molecule has 0 aliphatic carbocycles. The maximum absolute atomic E-state index is 10.8. The second kappa shape index (κ2) is 3.55. The molecule has 1 aromatic carbocycles. The molecule has 80 valence electrons. The molecule has 2 rings (SSSR count). The number of non-ortho nitro benzene ring substituents is 1. The van der Waals surface area contributed by atoms with E-state index in [1.807, 2.05) is 0 Å². The molecule has 0 saturated heterocycles. The van der Waals surface area contributed by atoms with Gasteiger partial charge in [0.25, 0.3) is 5.69 Å². The van der Waals surface area contributed by atoms with Crippen LogP contribution in [0, 0.1) is 21.4 Å². The summed E-state index contributed by atoms with van der Waals surface area (Å²) in [7, 11) is 1.43. The fraction of sp³-hybridized carbons (Fsp3) is 0.100. The topological polar surface area (TPSA) is 89.3 Å². The molecule has 0 amide bonds. The first-order valence-corrected chi connectivity index (χ1v) is 4.32. The normalized spacial score (nSPS) is 10.0. The number of rotatable bonds is 2. The number of nitriles is 1. The van der Waals surface area contributed by atoms with Crippen LogP contribution in [0.2, 0.25) is 0 Å². The molecule has 0 radical (unpaired) electrons. The first kappa shape index (κ1) is 9.98. The highest BCUT2D eigenvalue weighted by molar-refractivity contribution is 5.92. The zero-order valence-corrected chi connectivity index (χ0v) is 8.26. The molecule has 16 heavy (non-hydrogen) atoms. The Balaban J connectivity index is 2.84. The van der Waals surface area contributed by atoms with Crippen molar-refractivity contribution in [3.05, 3.63) is 34.1 Å². The SMILES string of the molecule is COc1ccc([N+](=O)[O-])c2cc(C#N)oc12. The van der Waals surface area contributed by atoms with Crippen LogP contribution in [-0.2, 0) is 0 Å². The Morgan fingerprint density at radius 3 is 2.88 bits per heavy atom. The summed E-state index contributed by atoms with van der Waals surface area (Å²) in [6.07, 6.45) is 0. The molecule has 1 heterocycles. The third kappa shape index (κ3) is 1.35. The molecule has 0 N–H and O–H groups in total. The van der Waals surface area contributed by atoms with Crippen LogP contribution in [0.5, 0.6) is 5.75 Å². The fourth-order valence-electron chi connectivity index (χ4n) is 1.46. The van der Waals surface area contributed by atoms with Crippen LogP contribution in [0.25, 0.3) is 11.0 Å². The number of nitro groups is 1. The highest BCUT2D eigenvalue weighted by Crippen LogP contribution is 2.34. The van der Waals surface area contributed by atoms with Crippen molar-refractivity contribution in [3.63, 3.8) is 0 Å². The zero-order chi connectivity index (χ0) is 11.7. The molecule has 0 unspecified atom stereocenters. The van der Waals surface area contributed by atoms with Gasteiger partial charge in [-0.25, -0.2) is 0 Å². The van der Waals surface area contributed by atoms with Crippen molar-refractivity contribution in [2.45, 2.75) is 0 Å². The van der Waals surface area contributed by atoms with Crippen molar-refractivity contribution in [1.82, 2.24) is 0 Å². The van der Waals surface area contributed by atoms with Crippen LogP contribution in [-0.4, -0.2) is 12.0 Å². The number of hydrogen-bond acceptors (Lipinski definition) is 5. The fourth-order valence-corrected chi connectivity index (χ4v) is 1.46. The van der Waals surface area contributed by atoms with Crippen molar-refractivity contribution in [1.29, 1.82) is 5.26 Å². The average molecular weight is 218 g/mol. The van der Waals surface area contributed by atoms with Gasteiger partial charge in [0.15, 0.2) is 11.3 Å². The van der Waals surface area contributed by atoms with Gasteiger partial charge in [-0.1, -0.05) is 0 Å². The molecule has 6 heteroatoms. The highest BCUT2D eigenvalue weighted by atomic mass is 16.6. The number of nitrogens with zero attached hydrogens (tertiary/aromatic N) is 2. The van der Waals surface area contributed by atoms with E-state index < -0.39 is 4.92 Å². The van der Waals surface area contributed by atoms with Gasteiger partial charge < -0.3 is 9.15 Å². The Labute approximate surface area is 89.8 Å². The van der Waals surface area contributed by atoms with Crippen LogP contribution < -0.4 is 4.74 Å². The standard InChI is InChI=1S/C10H6N2O4/c1-15-9-3-2-8(12(13)14)7-4-6(5-11)16-10(7)9/h2-4H,1H3. The Morgan fingerprint density at radius 2 is 2.31 bits per heavy atom. The quantitative estimate of drug-likeness (QED) is 0.569. The smallest absolute Gasteiger partial charge is 0.280 e. The van der Waals surface area contributed by atoms with Gasteiger partial charge in [-0.05, 0) is 6.07 Å². The summed E-state index contributed by atoms with van der Waals surface area (Å²) in [6.45, 7) is 0. The summed E-state index contributed by atoms with van der Waals surface area (Å²) < 4.78 is 10.1. The van der Waals surface area contributed by atoms with Crippen molar-refractivity contribution in [3.8, 4) is 11.8 Å².